The van der Waals surface area contributed by atoms with Crippen molar-refractivity contribution in [1.82, 2.24) is 10.2 Å². The first-order valence-corrected chi connectivity index (χ1v) is 10.8. The summed E-state index contributed by atoms with van der Waals surface area (Å²) in [5, 5.41) is 14.5. The molecule has 1 atom stereocenters. The fraction of sp³-hybridized carbons (Fsp3) is 0.261. The summed E-state index contributed by atoms with van der Waals surface area (Å²) in [6.07, 6.45) is 0. The first-order valence-electron chi connectivity index (χ1n) is 9.93. The number of piperazine rings is 1. The van der Waals surface area contributed by atoms with Crippen molar-refractivity contribution in [2.24, 2.45) is 0 Å². The van der Waals surface area contributed by atoms with Crippen molar-refractivity contribution in [1.29, 1.82) is 0 Å². The Bertz CT molecular complexity index is 953. The minimum atomic E-state index is -0.290. The second-order valence-electron chi connectivity index (χ2n) is 7.35. The lowest BCUT2D eigenvalue weighted by Gasteiger charge is -2.36. The number of nitrogens with zero attached hydrogens (tertiary/aromatic N) is 2. The Balaban J connectivity index is 1.35. The van der Waals surface area contributed by atoms with Crippen LogP contribution in [0.5, 0.6) is 5.75 Å². The molecule has 3 aromatic rings. The minimum absolute atomic E-state index is 0.0455. The van der Waals surface area contributed by atoms with Gasteiger partial charge in [-0.25, -0.2) is 4.39 Å². The number of aromatic hydroxyl groups is 1. The molecule has 0 saturated carbocycles. The SMILES string of the molecule is O=C(CN1CCN(c2ccc(O)cc2)CC1)NC(c1ccc(F)cc1)c1cccs1. The summed E-state index contributed by atoms with van der Waals surface area (Å²) < 4.78 is 13.3. The van der Waals surface area contributed by atoms with Gasteiger partial charge in [0.05, 0.1) is 12.6 Å². The van der Waals surface area contributed by atoms with Gasteiger partial charge in [0.2, 0.25) is 5.91 Å². The van der Waals surface area contributed by atoms with Crippen LogP contribution in [0.4, 0.5) is 10.1 Å². The molecule has 2 aromatic carbocycles. The zero-order chi connectivity index (χ0) is 20.9. The molecule has 1 unspecified atom stereocenters. The number of halogens is 1. The Hall–Kier alpha value is -2.90. The number of anilines is 1. The van der Waals surface area contributed by atoms with Crippen molar-refractivity contribution < 1.29 is 14.3 Å². The maximum absolute atomic E-state index is 13.3. The van der Waals surface area contributed by atoms with Gasteiger partial charge in [-0.1, -0.05) is 18.2 Å². The number of benzene rings is 2. The molecule has 30 heavy (non-hydrogen) atoms. The summed E-state index contributed by atoms with van der Waals surface area (Å²) >= 11 is 1.57. The maximum atomic E-state index is 13.3. The van der Waals surface area contributed by atoms with Crippen LogP contribution >= 0.6 is 11.3 Å². The molecule has 1 saturated heterocycles. The fourth-order valence-electron chi connectivity index (χ4n) is 3.67. The summed E-state index contributed by atoms with van der Waals surface area (Å²) in [5.41, 5.74) is 1.94. The Kier molecular flexibility index (Phi) is 6.30. The van der Waals surface area contributed by atoms with Crippen molar-refractivity contribution in [2.45, 2.75) is 6.04 Å². The largest absolute Gasteiger partial charge is 0.508 e. The van der Waals surface area contributed by atoms with Crippen molar-refractivity contribution in [3.63, 3.8) is 0 Å². The first kappa shape index (κ1) is 20.4. The van der Waals surface area contributed by atoms with E-state index in [1.54, 1.807) is 35.6 Å². The number of amides is 1. The number of hydrogen-bond acceptors (Lipinski definition) is 5. The smallest absolute Gasteiger partial charge is 0.234 e. The summed E-state index contributed by atoms with van der Waals surface area (Å²) in [7, 11) is 0. The maximum Gasteiger partial charge on any atom is 0.234 e. The number of thiophene rings is 1. The molecule has 156 valence electrons. The van der Waals surface area contributed by atoms with Crippen LogP contribution in [-0.2, 0) is 4.79 Å². The van der Waals surface area contributed by atoms with Crippen LogP contribution in [0.1, 0.15) is 16.5 Å². The number of nitrogens with one attached hydrogen (secondary N) is 1. The highest BCUT2D eigenvalue weighted by Gasteiger charge is 2.22. The molecule has 0 spiro atoms. The van der Waals surface area contributed by atoms with Gasteiger partial charge < -0.3 is 15.3 Å². The molecule has 1 aromatic heterocycles. The highest BCUT2D eigenvalue weighted by molar-refractivity contribution is 7.10. The van der Waals surface area contributed by atoms with Gasteiger partial charge in [0.15, 0.2) is 0 Å². The van der Waals surface area contributed by atoms with Crippen molar-refractivity contribution in [3.8, 4) is 5.75 Å². The summed E-state index contributed by atoms with van der Waals surface area (Å²) in [4.78, 5) is 18.2. The molecule has 1 aliphatic heterocycles. The average Bonchev–Trinajstić information content (AvgIpc) is 3.29. The molecule has 4 rings (SSSR count). The van der Waals surface area contributed by atoms with E-state index in [-0.39, 0.29) is 23.5 Å². The molecule has 2 heterocycles. The molecule has 0 radical (unpaired) electrons. The highest BCUT2D eigenvalue weighted by atomic mass is 32.1. The number of carbonyl (C=O) groups excluding carboxylic acids is 1. The molecule has 0 bridgehead atoms. The van der Waals surface area contributed by atoms with Gasteiger partial charge >= 0.3 is 0 Å². The van der Waals surface area contributed by atoms with E-state index in [2.05, 4.69) is 15.1 Å². The Morgan fingerprint density at radius 2 is 1.73 bits per heavy atom. The van der Waals surface area contributed by atoms with E-state index >= 15 is 0 Å². The quantitative estimate of drug-likeness (QED) is 0.633. The fourth-order valence-corrected chi connectivity index (χ4v) is 4.47. The van der Waals surface area contributed by atoms with Crippen LogP contribution < -0.4 is 10.2 Å². The molecule has 0 aliphatic carbocycles. The minimum Gasteiger partial charge on any atom is -0.508 e. The molecule has 2 N–H and O–H groups in total. The van der Waals surface area contributed by atoms with E-state index in [1.165, 1.54) is 12.1 Å². The van der Waals surface area contributed by atoms with Crippen LogP contribution in [-0.4, -0.2) is 48.6 Å². The molecular weight excluding hydrogens is 401 g/mol. The molecule has 7 heteroatoms. The zero-order valence-corrected chi connectivity index (χ0v) is 17.3. The monoisotopic (exact) mass is 425 g/mol. The standard InChI is InChI=1S/C23H24FN3O2S/c24-18-5-3-17(4-6-18)23(21-2-1-15-30-21)25-22(29)16-26-11-13-27(14-12-26)19-7-9-20(28)10-8-19/h1-10,15,23,28H,11-14,16H2,(H,25,29). The third-order valence-corrected chi connectivity index (χ3v) is 6.23. The summed E-state index contributed by atoms with van der Waals surface area (Å²) in [5.74, 6) is -0.0761. The molecule has 1 amide bonds. The molecular formula is C23H24FN3O2S. The van der Waals surface area contributed by atoms with Crippen LogP contribution in [0.25, 0.3) is 0 Å². The van der Waals surface area contributed by atoms with Gasteiger partial charge in [-0.3, -0.25) is 9.69 Å². The predicted octanol–water partition coefficient (Wildman–Crippen LogP) is 3.62. The number of phenols is 1. The first-order chi connectivity index (χ1) is 14.6. The van der Waals surface area contributed by atoms with E-state index in [0.717, 1.165) is 42.3 Å². The van der Waals surface area contributed by atoms with Gasteiger partial charge in [0.1, 0.15) is 11.6 Å². The summed E-state index contributed by atoms with van der Waals surface area (Å²) in [6, 6.07) is 17.1. The highest BCUT2D eigenvalue weighted by Crippen LogP contribution is 2.26. The lowest BCUT2D eigenvalue weighted by molar-refractivity contribution is -0.122. The number of carbonyl (C=O) groups is 1. The van der Waals surface area contributed by atoms with Gasteiger partial charge in [0.25, 0.3) is 0 Å². The van der Waals surface area contributed by atoms with E-state index in [4.69, 9.17) is 0 Å². The topological polar surface area (TPSA) is 55.8 Å². The normalized spacial score (nSPS) is 15.7. The summed E-state index contributed by atoms with van der Waals surface area (Å²) in [6.45, 7) is 3.55. The predicted molar refractivity (Wildman–Crippen MR) is 117 cm³/mol. The van der Waals surface area contributed by atoms with Crippen molar-refractivity contribution in [3.05, 3.63) is 82.3 Å². The molecule has 5 nitrogen and oxygen atoms in total. The average molecular weight is 426 g/mol. The van der Waals surface area contributed by atoms with Crippen LogP contribution in [0.3, 0.4) is 0 Å². The van der Waals surface area contributed by atoms with Crippen molar-refractivity contribution in [2.75, 3.05) is 37.6 Å². The lowest BCUT2D eigenvalue weighted by atomic mass is 10.1. The molecule has 1 fully saturated rings. The Morgan fingerprint density at radius 1 is 1.03 bits per heavy atom. The Labute approximate surface area is 179 Å². The number of rotatable bonds is 6. The van der Waals surface area contributed by atoms with Gasteiger partial charge in [-0.2, -0.15) is 0 Å². The van der Waals surface area contributed by atoms with Crippen LogP contribution in [0.15, 0.2) is 66.0 Å². The second kappa shape index (κ2) is 9.28. The van der Waals surface area contributed by atoms with E-state index in [0.29, 0.717) is 6.54 Å². The van der Waals surface area contributed by atoms with Gasteiger partial charge in [0, 0.05) is 36.7 Å². The van der Waals surface area contributed by atoms with E-state index in [9.17, 15) is 14.3 Å². The number of hydrogen-bond donors (Lipinski definition) is 2. The van der Waals surface area contributed by atoms with Gasteiger partial charge in [-0.15, -0.1) is 11.3 Å². The zero-order valence-electron chi connectivity index (χ0n) is 16.5. The van der Waals surface area contributed by atoms with Crippen LogP contribution in [0, 0.1) is 5.82 Å². The van der Waals surface area contributed by atoms with E-state index < -0.39 is 0 Å². The second-order valence-corrected chi connectivity index (χ2v) is 8.33. The number of phenolic OH excluding ortho intramolecular Hbond substituents is 1. The molecule has 1 aliphatic rings. The van der Waals surface area contributed by atoms with Crippen molar-refractivity contribution >= 4 is 22.9 Å². The third kappa shape index (κ3) is 4.98. The van der Waals surface area contributed by atoms with Crippen LogP contribution in [0.2, 0.25) is 0 Å². The Morgan fingerprint density at radius 3 is 2.37 bits per heavy atom. The third-order valence-electron chi connectivity index (χ3n) is 5.29. The van der Waals surface area contributed by atoms with E-state index in [1.807, 2.05) is 29.6 Å². The lowest BCUT2D eigenvalue weighted by Crippen LogP contribution is -2.49. The van der Waals surface area contributed by atoms with Gasteiger partial charge in [-0.05, 0) is 53.4 Å².